The van der Waals surface area contributed by atoms with Gasteiger partial charge in [0.25, 0.3) is 0 Å². The molecule has 0 amide bonds. The van der Waals surface area contributed by atoms with Crippen LogP contribution in [0.3, 0.4) is 0 Å². The third kappa shape index (κ3) is 10.7. The smallest absolute Gasteiger partial charge is 0.0473 e. The van der Waals surface area contributed by atoms with Crippen LogP contribution in [0.5, 0.6) is 0 Å². The van der Waals surface area contributed by atoms with Crippen LogP contribution in [0.4, 0.5) is 0 Å². The van der Waals surface area contributed by atoms with Crippen LogP contribution in [0, 0.1) is 0 Å². The molecule has 0 fully saturated rings. The molecular weight excluding hydrogens is 216 g/mol. The summed E-state index contributed by atoms with van der Waals surface area (Å²) >= 11 is 0. The third-order valence-corrected chi connectivity index (χ3v) is 8.12. The van der Waals surface area contributed by atoms with Gasteiger partial charge in [0.1, 0.15) is 0 Å². The fraction of sp³-hybridized carbons (Fsp3) is 1.00. The molecule has 0 radical (unpaired) electrons. The Morgan fingerprint density at radius 1 is 0.933 bits per heavy atom. The lowest BCUT2D eigenvalue weighted by molar-refractivity contribution is 0.284. The molecule has 92 valence electrons. The minimum atomic E-state index is -0.880. The van der Waals surface area contributed by atoms with Gasteiger partial charge in [-0.3, -0.25) is 0 Å². The van der Waals surface area contributed by atoms with Gasteiger partial charge in [-0.05, 0) is 6.42 Å². The van der Waals surface area contributed by atoms with Crippen molar-refractivity contribution in [3.05, 3.63) is 0 Å². The number of hydrogen-bond donors (Lipinski definition) is 1. The van der Waals surface area contributed by atoms with Crippen molar-refractivity contribution in [1.82, 2.24) is 0 Å². The van der Waals surface area contributed by atoms with E-state index in [1.54, 1.807) is 0 Å². The average molecular weight is 247 g/mol. The van der Waals surface area contributed by atoms with Crippen LogP contribution in [0.15, 0.2) is 0 Å². The Labute approximate surface area is 98.9 Å². The van der Waals surface area contributed by atoms with E-state index in [4.69, 9.17) is 5.11 Å². The van der Waals surface area contributed by atoms with Crippen molar-refractivity contribution in [2.24, 2.45) is 0 Å². The van der Waals surface area contributed by atoms with Crippen molar-refractivity contribution in [3.63, 3.8) is 0 Å². The topological polar surface area (TPSA) is 20.2 Å². The van der Waals surface area contributed by atoms with E-state index < -0.39 is 8.07 Å². The van der Waals surface area contributed by atoms with Gasteiger partial charge in [-0.1, -0.05) is 63.6 Å². The molecule has 3 heteroatoms. The maximum Gasteiger partial charge on any atom is 0.0473 e. The largest absolute Gasteiger partial charge is 0.396 e. The van der Waals surface area contributed by atoms with E-state index in [9.17, 15) is 0 Å². The van der Waals surface area contributed by atoms with Crippen LogP contribution in [0.25, 0.3) is 0 Å². The van der Waals surface area contributed by atoms with Gasteiger partial charge in [-0.2, -0.15) is 0 Å². The molecule has 0 saturated heterocycles. The van der Waals surface area contributed by atoms with Crippen molar-refractivity contribution in [2.45, 2.75) is 70.0 Å². The molecule has 0 heterocycles. The first-order chi connectivity index (χ1) is 6.98. The second-order valence-electron chi connectivity index (χ2n) is 5.98. The molecule has 0 aromatic heterocycles. The minimum absolute atomic E-state index is 0.309. The Balaban J connectivity index is 3.48. The summed E-state index contributed by atoms with van der Waals surface area (Å²) < 4.78 is 0. The van der Waals surface area contributed by atoms with Crippen molar-refractivity contribution in [1.29, 1.82) is 0 Å². The van der Waals surface area contributed by atoms with Gasteiger partial charge in [0.2, 0.25) is 0 Å². The zero-order valence-corrected chi connectivity index (χ0v) is 13.3. The van der Waals surface area contributed by atoms with Gasteiger partial charge in [0.05, 0.1) is 0 Å². The van der Waals surface area contributed by atoms with E-state index in [1.165, 1.54) is 37.4 Å². The van der Waals surface area contributed by atoms with Gasteiger partial charge in [0.15, 0.2) is 0 Å². The fourth-order valence-corrected chi connectivity index (χ4v) is 6.05. The molecular formula is C12H30OSi2. The van der Waals surface area contributed by atoms with Crippen molar-refractivity contribution in [2.75, 3.05) is 6.61 Å². The second-order valence-corrected chi connectivity index (χ2v) is 14.7. The molecule has 0 unspecified atom stereocenters. The SMILES string of the molecule is C[SiH](C)CCC[Si](C)(C)CCCCCO. The summed E-state index contributed by atoms with van der Waals surface area (Å²) in [5, 5.41) is 8.71. The summed E-state index contributed by atoms with van der Waals surface area (Å²) in [6, 6.07) is 4.52. The van der Waals surface area contributed by atoms with Crippen molar-refractivity contribution in [3.8, 4) is 0 Å². The number of unbranched alkanes of at least 4 members (excludes halogenated alkanes) is 2. The van der Waals surface area contributed by atoms with Crippen molar-refractivity contribution < 1.29 is 5.11 Å². The zero-order valence-electron chi connectivity index (χ0n) is 11.2. The highest BCUT2D eigenvalue weighted by Gasteiger charge is 2.19. The summed E-state index contributed by atoms with van der Waals surface area (Å²) in [6.07, 6.45) is 5.07. The average Bonchev–Trinajstić information content (AvgIpc) is 2.11. The lowest BCUT2D eigenvalue weighted by Gasteiger charge is -2.22. The normalized spacial score (nSPS) is 12.4. The lowest BCUT2D eigenvalue weighted by atomic mass is 10.3. The summed E-state index contributed by atoms with van der Waals surface area (Å²) in [5.74, 6) is 0. The van der Waals surface area contributed by atoms with Crippen molar-refractivity contribution >= 4 is 16.9 Å². The lowest BCUT2D eigenvalue weighted by Crippen LogP contribution is -2.24. The molecule has 0 aromatic carbocycles. The summed E-state index contributed by atoms with van der Waals surface area (Å²) in [5.41, 5.74) is 0. The molecule has 0 bridgehead atoms. The van der Waals surface area contributed by atoms with Crippen LogP contribution in [-0.4, -0.2) is 28.6 Å². The molecule has 1 N–H and O–H groups in total. The predicted molar refractivity (Wildman–Crippen MR) is 76.3 cm³/mol. The number of aliphatic hydroxyl groups excluding tert-OH is 1. The molecule has 15 heavy (non-hydrogen) atoms. The number of hydrogen-bond acceptors (Lipinski definition) is 1. The van der Waals surface area contributed by atoms with Crippen LogP contribution >= 0.6 is 0 Å². The molecule has 0 saturated carbocycles. The number of aliphatic hydroxyl groups is 1. The van der Waals surface area contributed by atoms with Gasteiger partial charge in [0, 0.05) is 23.5 Å². The monoisotopic (exact) mass is 246 g/mol. The molecule has 0 aliphatic rings. The second kappa shape index (κ2) is 8.53. The quantitative estimate of drug-likeness (QED) is 0.485. The van der Waals surface area contributed by atoms with E-state index in [2.05, 4.69) is 26.2 Å². The van der Waals surface area contributed by atoms with E-state index in [-0.39, 0.29) is 8.80 Å². The Kier molecular flexibility index (Phi) is 8.76. The van der Waals surface area contributed by atoms with Crippen LogP contribution in [-0.2, 0) is 0 Å². The van der Waals surface area contributed by atoms with E-state index in [0.717, 1.165) is 6.42 Å². The van der Waals surface area contributed by atoms with Crippen LogP contribution in [0.1, 0.15) is 25.7 Å². The molecule has 0 aliphatic heterocycles. The zero-order chi connectivity index (χ0) is 11.7. The van der Waals surface area contributed by atoms with Gasteiger partial charge in [-0.15, -0.1) is 0 Å². The standard InChI is InChI=1S/C12H30OSi2/c1-14(2)10-8-12-15(3,4)11-7-5-6-9-13/h13-14H,5-12H2,1-4H3. The molecule has 0 atom stereocenters. The first kappa shape index (κ1) is 15.4. The Morgan fingerprint density at radius 3 is 2.07 bits per heavy atom. The molecule has 0 aliphatic carbocycles. The van der Waals surface area contributed by atoms with E-state index in [1.807, 2.05) is 0 Å². The third-order valence-electron chi connectivity index (χ3n) is 3.15. The number of rotatable bonds is 9. The Bertz CT molecular complexity index is 147. The molecule has 0 aromatic rings. The highest BCUT2D eigenvalue weighted by atomic mass is 28.3. The van der Waals surface area contributed by atoms with Gasteiger partial charge >= 0.3 is 0 Å². The molecule has 0 spiro atoms. The Morgan fingerprint density at radius 2 is 1.53 bits per heavy atom. The maximum absolute atomic E-state index is 8.71. The van der Waals surface area contributed by atoms with Crippen LogP contribution in [0.2, 0.25) is 44.3 Å². The Hall–Kier alpha value is 0.394. The first-order valence-corrected chi connectivity index (χ1v) is 13.1. The van der Waals surface area contributed by atoms with Crippen LogP contribution < -0.4 is 0 Å². The summed E-state index contributed by atoms with van der Waals surface area (Å²) in [7, 11) is -1.19. The van der Waals surface area contributed by atoms with Gasteiger partial charge < -0.3 is 5.11 Å². The fourth-order valence-electron chi connectivity index (χ4n) is 2.01. The molecule has 1 nitrogen and oxygen atoms in total. The van der Waals surface area contributed by atoms with E-state index in [0.29, 0.717) is 6.61 Å². The minimum Gasteiger partial charge on any atom is -0.396 e. The predicted octanol–water partition coefficient (Wildman–Crippen LogP) is 3.73. The van der Waals surface area contributed by atoms with Gasteiger partial charge in [-0.25, -0.2) is 0 Å². The van der Waals surface area contributed by atoms with E-state index >= 15 is 0 Å². The molecule has 0 rings (SSSR count). The maximum atomic E-state index is 8.71. The highest BCUT2D eigenvalue weighted by Crippen LogP contribution is 2.22. The summed E-state index contributed by atoms with van der Waals surface area (Å²) in [6.45, 7) is 10.4. The summed E-state index contributed by atoms with van der Waals surface area (Å²) in [4.78, 5) is 0. The highest BCUT2D eigenvalue weighted by molar-refractivity contribution is 6.77. The first-order valence-electron chi connectivity index (χ1n) is 6.59.